The molecule has 2 saturated heterocycles. The van der Waals surface area contributed by atoms with Gasteiger partial charge in [0.15, 0.2) is 0 Å². The van der Waals surface area contributed by atoms with Gasteiger partial charge in [-0.15, -0.1) is 6.58 Å². The molecule has 0 unspecified atom stereocenters. The summed E-state index contributed by atoms with van der Waals surface area (Å²) in [5.74, 6) is 0.101. The zero-order valence-corrected chi connectivity index (χ0v) is 13.9. The summed E-state index contributed by atoms with van der Waals surface area (Å²) in [6, 6.07) is 3.79. The van der Waals surface area contributed by atoms with Crippen LogP contribution < -0.4 is 0 Å². The lowest BCUT2D eigenvalue weighted by molar-refractivity contribution is -0.144. The van der Waals surface area contributed by atoms with Crippen LogP contribution in [0.5, 0.6) is 0 Å². The van der Waals surface area contributed by atoms with Gasteiger partial charge in [0.1, 0.15) is 5.69 Å². The van der Waals surface area contributed by atoms with Gasteiger partial charge in [-0.3, -0.25) is 4.79 Å². The summed E-state index contributed by atoms with van der Waals surface area (Å²) in [5.41, 5.74) is 0.655. The van der Waals surface area contributed by atoms with E-state index in [-0.39, 0.29) is 17.4 Å². The summed E-state index contributed by atoms with van der Waals surface area (Å²) in [7, 11) is 1.91. The van der Waals surface area contributed by atoms with Crippen LogP contribution in [0.15, 0.2) is 31.0 Å². The number of ether oxygens (including phenoxy) is 2. The number of carbonyl (C=O) groups excluding carboxylic acids is 1. The van der Waals surface area contributed by atoms with Crippen molar-refractivity contribution in [3.8, 4) is 0 Å². The molecule has 5 heteroatoms. The standard InChI is InChI=1S/C18H26N2O3/c1-3-11-22-14-18-8-5-12-23-16(18)7-10-20(13-18)17(21)15-6-4-9-19(15)2/h3-4,6,9,16H,1,5,7-8,10-14H2,2H3/t16-,18+/m0/s1. The smallest absolute Gasteiger partial charge is 0.270 e. The van der Waals surface area contributed by atoms with Crippen LogP contribution in [0.4, 0.5) is 0 Å². The fourth-order valence-corrected chi connectivity index (χ4v) is 3.87. The van der Waals surface area contributed by atoms with Crippen LogP contribution in [0, 0.1) is 5.41 Å². The number of aryl methyl sites for hydroxylation is 1. The van der Waals surface area contributed by atoms with Crippen molar-refractivity contribution in [2.75, 3.05) is 32.9 Å². The molecule has 0 aromatic carbocycles. The molecule has 2 fully saturated rings. The number of aromatic nitrogens is 1. The van der Waals surface area contributed by atoms with E-state index in [1.54, 1.807) is 6.08 Å². The van der Waals surface area contributed by atoms with Crippen molar-refractivity contribution in [3.05, 3.63) is 36.7 Å². The molecule has 0 aliphatic carbocycles. The second kappa shape index (κ2) is 6.89. The lowest BCUT2D eigenvalue weighted by Crippen LogP contribution is -2.58. The summed E-state index contributed by atoms with van der Waals surface area (Å²) in [5, 5.41) is 0. The highest BCUT2D eigenvalue weighted by molar-refractivity contribution is 5.92. The third-order valence-electron chi connectivity index (χ3n) is 5.06. The summed E-state index contributed by atoms with van der Waals surface area (Å²) in [4.78, 5) is 14.8. The molecule has 126 valence electrons. The van der Waals surface area contributed by atoms with E-state index in [4.69, 9.17) is 9.47 Å². The average Bonchev–Trinajstić information content (AvgIpc) is 3.00. The Hall–Kier alpha value is -1.59. The maximum absolute atomic E-state index is 12.8. The minimum Gasteiger partial charge on any atom is -0.377 e. The first-order valence-corrected chi connectivity index (χ1v) is 8.37. The van der Waals surface area contributed by atoms with Gasteiger partial charge in [-0.2, -0.15) is 0 Å². The maximum Gasteiger partial charge on any atom is 0.270 e. The number of carbonyl (C=O) groups is 1. The minimum absolute atomic E-state index is 0.0830. The number of nitrogens with zero attached hydrogens (tertiary/aromatic N) is 2. The average molecular weight is 318 g/mol. The molecule has 3 heterocycles. The van der Waals surface area contributed by atoms with Crippen LogP contribution in [-0.4, -0.2) is 54.4 Å². The van der Waals surface area contributed by atoms with Crippen LogP contribution in [0.1, 0.15) is 29.8 Å². The first-order chi connectivity index (χ1) is 11.2. The Morgan fingerprint density at radius 3 is 3.22 bits per heavy atom. The summed E-state index contributed by atoms with van der Waals surface area (Å²) >= 11 is 0. The highest BCUT2D eigenvalue weighted by Crippen LogP contribution is 2.40. The predicted octanol–water partition coefficient (Wildman–Crippen LogP) is 2.24. The van der Waals surface area contributed by atoms with Crippen LogP contribution in [-0.2, 0) is 16.5 Å². The number of piperidine rings is 1. The lowest BCUT2D eigenvalue weighted by atomic mass is 9.73. The number of rotatable bonds is 5. The zero-order valence-electron chi connectivity index (χ0n) is 13.9. The van der Waals surface area contributed by atoms with Gasteiger partial charge in [-0.05, 0) is 31.4 Å². The second-order valence-electron chi connectivity index (χ2n) is 6.65. The SMILES string of the molecule is C=CCOC[C@]12CCCO[C@H]1CCN(C(=O)c1cccn1C)C2. The van der Waals surface area contributed by atoms with Gasteiger partial charge in [0.25, 0.3) is 5.91 Å². The molecular formula is C18H26N2O3. The van der Waals surface area contributed by atoms with E-state index in [1.807, 2.05) is 34.8 Å². The van der Waals surface area contributed by atoms with Gasteiger partial charge in [0.05, 0.1) is 19.3 Å². The van der Waals surface area contributed by atoms with Gasteiger partial charge in [-0.1, -0.05) is 6.08 Å². The first kappa shape index (κ1) is 16.3. The number of hydrogen-bond donors (Lipinski definition) is 0. The highest BCUT2D eigenvalue weighted by Gasteiger charge is 2.47. The predicted molar refractivity (Wildman–Crippen MR) is 88.4 cm³/mol. The van der Waals surface area contributed by atoms with Crippen molar-refractivity contribution >= 4 is 5.91 Å². The molecule has 23 heavy (non-hydrogen) atoms. The number of fused-ring (bicyclic) bond motifs is 1. The van der Waals surface area contributed by atoms with E-state index < -0.39 is 0 Å². The fourth-order valence-electron chi connectivity index (χ4n) is 3.87. The Bertz CT molecular complexity index is 568. The number of likely N-dealkylation sites (tertiary alicyclic amines) is 1. The molecule has 1 aromatic heterocycles. The Balaban J connectivity index is 1.76. The minimum atomic E-state index is -0.0830. The Kier molecular flexibility index (Phi) is 4.87. The molecule has 0 N–H and O–H groups in total. The maximum atomic E-state index is 12.8. The molecule has 2 aliphatic rings. The molecular weight excluding hydrogens is 292 g/mol. The van der Waals surface area contributed by atoms with Gasteiger partial charge in [0, 0.05) is 38.4 Å². The largest absolute Gasteiger partial charge is 0.377 e. The van der Waals surface area contributed by atoms with Crippen molar-refractivity contribution in [2.24, 2.45) is 12.5 Å². The molecule has 0 radical (unpaired) electrons. The molecule has 2 aliphatic heterocycles. The first-order valence-electron chi connectivity index (χ1n) is 8.37. The summed E-state index contributed by atoms with van der Waals surface area (Å²) in [6.07, 6.45) is 6.83. The molecule has 1 amide bonds. The lowest BCUT2D eigenvalue weighted by Gasteiger charge is -2.50. The molecule has 0 bridgehead atoms. The molecule has 0 spiro atoms. The van der Waals surface area contributed by atoms with Crippen molar-refractivity contribution in [3.63, 3.8) is 0 Å². The van der Waals surface area contributed by atoms with E-state index >= 15 is 0 Å². The summed E-state index contributed by atoms with van der Waals surface area (Å²) < 4.78 is 13.7. The Morgan fingerprint density at radius 2 is 2.48 bits per heavy atom. The van der Waals surface area contributed by atoms with Crippen molar-refractivity contribution < 1.29 is 14.3 Å². The Morgan fingerprint density at radius 1 is 1.61 bits per heavy atom. The third kappa shape index (κ3) is 3.21. The van der Waals surface area contributed by atoms with E-state index in [0.717, 1.165) is 38.1 Å². The number of amides is 1. The van der Waals surface area contributed by atoms with E-state index in [2.05, 4.69) is 6.58 Å². The third-order valence-corrected chi connectivity index (χ3v) is 5.06. The van der Waals surface area contributed by atoms with Gasteiger partial charge in [0.2, 0.25) is 0 Å². The molecule has 5 nitrogen and oxygen atoms in total. The number of hydrogen-bond acceptors (Lipinski definition) is 3. The molecule has 0 saturated carbocycles. The van der Waals surface area contributed by atoms with Gasteiger partial charge >= 0.3 is 0 Å². The second-order valence-corrected chi connectivity index (χ2v) is 6.65. The van der Waals surface area contributed by atoms with Crippen LogP contribution in [0.3, 0.4) is 0 Å². The quantitative estimate of drug-likeness (QED) is 0.618. The topological polar surface area (TPSA) is 43.7 Å². The van der Waals surface area contributed by atoms with E-state index in [1.165, 1.54) is 0 Å². The monoisotopic (exact) mass is 318 g/mol. The molecule has 3 rings (SSSR count). The van der Waals surface area contributed by atoms with Crippen molar-refractivity contribution in [1.82, 2.24) is 9.47 Å². The Labute approximate surface area is 137 Å². The van der Waals surface area contributed by atoms with E-state index in [9.17, 15) is 4.79 Å². The zero-order chi connectivity index (χ0) is 16.3. The molecule has 2 atom stereocenters. The highest BCUT2D eigenvalue weighted by atomic mass is 16.5. The van der Waals surface area contributed by atoms with Gasteiger partial charge in [-0.25, -0.2) is 0 Å². The fraction of sp³-hybridized carbons (Fsp3) is 0.611. The van der Waals surface area contributed by atoms with Crippen LogP contribution in [0.2, 0.25) is 0 Å². The van der Waals surface area contributed by atoms with Crippen LogP contribution in [0.25, 0.3) is 0 Å². The summed E-state index contributed by atoms with van der Waals surface area (Å²) in [6.45, 7) is 7.15. The molecule has 1 aromatic rings. The normalized spacial score (nSPS) is 27.5. The van der Waals surface area contributed by atoms with Gasteiger partial charge < -0.3 is 18.9 Å². The van der Waals surface area contributed by atoms with Crippen molar-refractivity contribution in [2.45, 2.75) is 25.4 Å². The van der Waals surface area contributed by atoms with Crippen LogP contribution >= 0.6 is 0 Å². The van der Waals surface area contributed by atoms with E-state index in [0.29, 0.717) is 19.8 Å². The van der Waals surface area contributed by atoms with Crippen molar-refractivity contribution in [1.29, 1.82) is 0 Å².